The predicted octanol–water partition coefficient (Wildman–Crippen LogP) is 2.62. The Morgan fingerprint density at radius 1 is 1.15 bits per heavy atom. The van der Waals surface area contributed by atoms with Crippen LogP contribution in [-0.4, -0.2) is 16.1 Å². The first-order chi connectivity index (χ1) is 9.83. The molecular weight excluding hydrogens is 252 g/mol. The quantitative estimate of drug-likeness (QED) is 0.847. The van der Waals surface area contributed by atoms with E-state index >= 15 is 0 Å². The van der Waals surface area contributed by atoms with Gasteiger partial charge in [-0.15, -0.1) is 0 Å². The summed E-state index contributed by atoms with van der Waals surface area (Å²) >= 11 is 0. The Bertz CT molecular complexity index is 582. The highest BCUT2D eigenvalue weighted by Crippen LogP contribution is 2.23. The minimum atomic E-state index is 0.0147. The lowest BCUT2D eigenvalue weighted by molar-refractivity contribution is 0.281. The number of aliphatic hydroxyl groups excluding tert-OH is 1. The number of rotatable bonds is 6. The van der Waals surface area contributed by atoms with Gasteiger partial charge < -0.3 is 15.2 Å². The van der Waals surface area contributed by atoms with Gasteiger partial charge in [-0.1, -0.05) is 12.1 Å². The number of pyridine rings is 1. The molecule has 1 aromatic heterocycles. The summed E-state index contributed by atoms with van der Waals surface area (Å²) in [6.45, 7) is 0.840. The number of hydrogen-bond acceptors (Lipinski definition) is 4. The fourth-order valence-electron chi connectivity index (χ4n) is 2.01. The number of nitrogens with zero attached hydrogens (tertiary/aromatic N) is 1. The third kappa shape index (κ3) is 3.56. The molecule has 4 heteroatoms. The molecule has 0 bridgehead atoms. The van der Waals surface area contributed by atoms with Crippen molar-refractivity contribution in [3.8, 4) is 11.5 Å². The fourth-order valence-corrected chi connectivity index (χ4v) is 2.01. The van der Waals surface area contributed by atoms with Gasteiger partial charge in [0.2, 0.25) is 0 Å². The molecule has 0 amide bonds. The summed E-state index contributed by atoms with van der Waals surface area (Å²) in [5.74, 6) is 1.43. The zero-order valence-electron chi connectivity index (χ0n) is 11.2. The van der Waals surface area contributed by atoms with Crippen LogP contribution in [0.4, 0.5) is 0 Å². The van der Waals surface area contributed by atoms with Crippen molar-refractivity contribution in [2.75, 3.05) is 0 Å². The van der Waals surface area contributed by atoms with E-state index in [1.807, 2.05) is 36.5 Å². The molecule has 1 aliphatic carbocycles. The fraction of sp³-hybridized carbons (Fsp3) is 0.312. The van der Waals surface area contributed by atoms with Crippen molar-refractivity contribution < 1.29 is 9.84 Å². The Morgan fingerprint density at radius 3 is 2.80 bits per heavy atom. The van der Waals surface area contributed by atoms with Crippen molar-refractivity contribution >= 4 is 0 Å². The maximum Gasteiger partial charge on any atom is 0.146 e. The molecule has 1 aromatic carbocycles. The second-order valence-corrected chi connectivity index (χ2v) is 5.09. The van der Waals surface area contributed by atoms with Crippen LogP contribution in [0.2, 0.25) is 0 Å². The highest BCUT2D eigenvalue weighted by Gasteiger charge is 2.19. The Morgan fingerprint density at radius 2 is 2.00 bits per heavy atom. The van der Waals surface area contributed by atoms with E-state index in [1.54, 1.807) is 6.20 Å². The van der Waals surface area contributed by atoms with Gasteiger partial charge in [0.1, 0.15) is 11.5 Å². The number of nitrogens with one attached hydrogen (secondary N) is 1. The normalized spacial score (nSPS) is 14.2. The molecule has 0 atom stereocenters. The first-order valence-electron chi connectivity index (χ1n) is 6.88. The van der Waals surface area contributed by atoms with E-state index in [0.717, 1.165) is 23.4 Å². The molecule has 0 unspecified atom stereocenters. The monoisotopic (exact) mass is 270 g/mol. The molecule has 0 saturated heterocycles. The van der Waals surface area contributed by atoms with Crippen molar-refractivity contribution in [1.29, 1.82) is 0 Å². The van der Waals surface area contributed by atoms with Crippen LogP contribution in [-0.2, 0) is 13.2 Å². The minimum Gasteiger partial charge on any atom is -0.456 e. The van der Waals surface area contributed by atoms with Crippen LogP contribution >= 0.6 is 0 Å². The average molecular weight is 270 g/mol. The van der Waals surface area contributed by atoms with Crippen LogP contribution in [0.1, 0.15) is 24.0 Å². The Labute approximate surface area is 118 Å². The van der Waals surface area contributed by atoms with Gasteiger partial charge in [-0.05, 0) is 42.2 Å². The maximum atomic E-state index is 9.12. The molecule has 1 aliphatic rings. The molecule has 20 heavy (non-hydrogen) atoms. The smallest absolute Gasteiger partial charge is 0.146 e. The predicted molar refractivity (Wildman–Crippen MR) is 76.5 cm³/mol. The zero-order valence-corrected chi connectivity index (χ0v) is 11.2. The molecule has 4 nitrogen and oxygen atoms in total. The van der Waals surface area contributed by atoms with Gasteiger partial charge in [-0.2, -0.15) is 0 Å². The summed E-state index contributed by atoms with van der Waals surface area (Å²) in [7, 11) is 0. The average Bonchev–Trinajstić information content (AvgIpc) is 3.30. The van der Waals surface area contributed by atoms with E-state index in [1.165, 1.54) is 12.8 Å². The zero-order chi connectivity index (χ0) is 13.8. The highest BCUT2D eigenvalue weighted by atomic mass is 16.5. The van der Waals surface area contributed by atoms with Crippen LogP contribution in [0.3, 0.4) is 0 Å². The largest absolute Gasteiger partial charge is 0.456 e. The standard InChI is InChI=1S/C16H18N2O2/c19-11-12-2-1-3-15(6-12)20-16-7-13(8-17-10-16)9-18-14-4-5-14/h1-3,6-8,10,14,18-19H,4-5,9,11H2. The van der Waals surface area contributed by atoms with Gasteiger partial charge in [0.05, 0.1) is 12.8 Å². The van der Waals surface area contributed by atoms with Gasteiger partial charge in [-0.3, -0.25) is 4.98 Å². The Hall–Kier alpha value is -1.91. The van der Waals surface area contributed by atoms with E-state index in [2.05, 4.69) is 10.3 Å². The van der Waals surface area contributed by atoms with Crippen LogP contribution in [0, 0.1) is 0 Å². The summed E-state index contributed by atoms with van der Waals surface area (Å²) in [6.07, 6.45) is 6.10. The van der Waals surface area contributed by atoms with Gasteiger partial charge in [0.25, 0.3) is 0 Å². The first kappa shape index (κ1) is 13.1. The van der Waals surface area contributed by atoms with E-state index in [-0.39, 0.29) is 6.61 Å². The molecule has 0 radical (unpaired) electrons. The van der Waals surface area contributed by atoms with Gasteiger partial charge in [0, 0.05) is 18.8 Å². The molecule has 1 fully saturated rings. The van der Waals surface area contributed by atoms with E-state index < -0.39 is 0 Å². The van der Waals surface area contributed by atoms with E-state index in [9.17, 15) is 0 Å². The summed E-state index contributed by atoms with van der Waals surface area (Å²) in [5.41, 5.74) is 1.95. The number of hydrogen-bond donors (Lipinski definition) is 2. The van der Waals surface area contributed by atoms with Crippen molar-refractivity contribution in [2.45, 2.75) is 32.0 Å². The molecule has 0 aliphatic heterocycles. The molecule has 104 valence electrons. The van der Waals surface area contributed by atoms with Gasteiger partial charge in [0.15, 0.2) is 0 Å². The van der Waals surface area contributed by atoms with Crippen LogP contribution in [0.25, 0.3) is 0 Å². The second-order valence-electron chi connectivity index (χ2n) is 5.09. The molecule has 0 spiro atoms. The van der Waals surface area contributed by atoms with Crippen molar-refractivity contribution in [1.82, 2.24) is 10.3 Å². The maximum absolute atomic E-state index is 9.12. The highest BCUT2D eigenvalue weighted by molar-refractivity contribution is 5.34. The topological polar surface area (TPSA) is 54.4 Å². The van der Waals surface area contributed by atoms with Crippen molar-refractivity contribution in [3.63, 3.8) is 0 Å². The Kier molecular flexibility index (Phi) is 3.95. The third-order valence-corrected chi connectivity index (χ3v) is 3.26. The first-order valence-corrected chi connectivity index (χ1v) is 6.88. The number of aliphatic hydroxyl groups is 1. The third-order valence-electron chi connectivity index (χ3n) is 3.26. The Balaban J connectivity index is 1.67. The van der Waals surface area contributed by atoms with E-state index in [0.29, 0.717) is 11.8 Å². The second kappa shape index (κ2) is 6.03. The summed E-state index contributed by atoms with van der Waals surface area (Å²) in [5, 5.41) is 12.6. The van der Waals surface area contributed by atoms with Crippen LogP contribution < -0.4 is 10.1 Å². The molecular formula is C16H18N2O2. The molecule has 2 aromatic rings. The number of benzene rings is 1. The van der Waals surface area contributed by atoms with E-state index in [4.69, 9.17) is 9.84 Å². The molecule has 2 N–H and O–H groups in total. The number of ether oxygens (including phenoxy) is 1. The molecule has 1 saturated carbocycles. The lowest BCUT2D eigenvalue weighted by Gasteiger charge is -2.08. The number of aromatic nitrogens is 1. The lowest BCUT2D eigenvalue weighted by Crippen LogP contribution is -2.15. The lowest BCUT2D eigenvalue weighted by atomic mass is 10.2. The van der Waals surface area contributed by atoms with Crippen molar-refractivity contribution in [2.24, 2.45) is 0 Å². The van der Waals surface area contributed by atoms with Gasteiger partial charge >= 0.3 is 0 Å². The minimum absolute atomic E-state index is 0.0147. The van der Waals surface area contributed by atoms with Crippen molar-refractivity contribution in [3.05, 3.63) is 53.9 Å². The summed E-state index contributed by atoms with van der Waals surface area (Å²) < 4.78 is 5.78. The molecule has 3 rings (SSSR count). The SMILES string of the molecule is OCc1cccc(Oc2cncc(CNC3CC3)c2)c1. The van der Waals surface area contributed by atoms with Gasteiger partial charge in [-0.25, -0.2) is 0 Å². The van der Waals surface area contributed by atoms with Crippen LogP contribution in [0.15, 0.2) is 42.7 Å². The molecule has 1 heterocycles. The summed E-state index contributed by atoms with van der Waals surface area (Å²) in [6, 6.07) is 10.1. The summed E-state index contributed by atoms with van der Waals surface area (Å²) in [4.78, 5) is 4.21. The van der Waals surface area contributed by atoms with Crippen LogP contribution in [0.5, 0.6) is 11.5 Å².